The van der Waals surface area contributed by atoms with Crippen LogP contribution in [0, 0.1) is 0 Å². The lowest BCUT2D eigenvalue weighted by Gasteiger charge is -2.20. The molecule has 8 aromatic rings. The van der Waals surface area contributed by atoms with E-state index >= 15 is 0 Å². The number of ether oxygens (including phenoxy) is 1. The second-order valence-electron chi connectivity index (χ2n) is 13.1. The van der Waals surface area contributed by atoms with Gasteiger partial charge in [-0.2, -0.15) is 0 Å². The minimum atomic E-state index is 0.0683. The topological polar surface area (TPSA) is 47.9 Å². The van der Waals surface area contributed by atoms with Crippen molar-refractivity contribution in [1.82, 2.24) is 15.0 Å². The van der Waals surface area contributed by atoms with Crippen LogP contribution in [0.2, 0.25) is 0 Å². The van der Waals surface area contributed by atoms with Crippen LogP contribution in [-0.2, 0) is 0 Å². The Bertz CT molecular complexity index is 2640. The minimum Gasteiger partial charge on any atom is -0.485 e. The Labute approximate surface area is 296 Å². The predicted octanol–water partition coefficient (Wildman–Crippen LogP) is 11.5. The van der Waals surface area contributed by atoms with Gasteiger partial charge in [-0.25, -0.2) is 15.0 Å². The second-order valence-corrected chi connectivity index (χ2v) is 13.1. The van der Waals surface area contributed by atoms with Crippen LogP contribution in [0.1, 0.15) is 17.5 Å². The van der Waals surface area contributed by atoms with Crippen LogP contribution in [0.3, 0.4) is 0 Å². The number of hydrogen-bond acceptors (Lipinski definition) is 4. The molecule has 1 aromatic heterocycles. The molecule has 0 bridgehead atoms. The SMILES string of the molecule is C1=C(c2ccc(-c3ccc4ccccc4c3-c3nc(-c4ccccc4)nc(-c4ccccc4)n3)c3ccccc23)C=C2c3ccccc3OC2C1. The smallest absolute Gasteiger partial charge is 0.165 e. The fraction of sp³-hybridized carbons (Fsp3) is 0.0426. The normalized spacial score (nSPS) is 14.8. The number of nitrogens with zero attached hydrogens (tertiary/aromatic N) is 3. The lowest BCUT2D eigenvalue weighted by Crippen LogP contribution is -2.13. The number of rotatable bonds is 5. The average Bonchev–Trinajstić information content (AvgIpc) is 3.58. The summed E-state index contributed by atoms with van der Waals surface area (Å²) in [7, 11) is 0. The Hall–Kier alpha value is -6.65. The molecule has 240 valence electrons. The molecule has 0 amide bonds. The van der Waals surface area contributed by atoms with Gasteiger partial charge in [0.25, 0.3) is 0 Å². The average molecular weight is 654 g/mol. The van der Waals surface area contributed by atoms with Crippen molar-refractivity contribution in [1.29, 1.82) is 0 Å². The summed E-state index contributed by atoms with van der Waals surface area (Å²) in [6, 6.07) is 54.9. The van der Waals surface area contributed by atoms with E-state index < -0.39 is 0 Å². The number of allylic oxidation sites excluding steroid dienone is 2. The van der Waals surface area contributed by atoms with Crippen LogP contribution in [0.15, 0.2) is 170 Å². The van der Waals surface area contributed by atoms with E-state index in [-0.39, 0.29) is 6.10 Å². The van der Waals surface area contributed by atoms with Gasteiger partial charge in [0.2, 0.25) is 0 Å². The van der Waals surface area contributed by atoms with E-state index in [1.165, 1.54) is 33.0 Å². The highest BCUT2D eigenvalue weighted by Gasteiger charge is 2.30. The Morgan fingerprint density at radius 2 is 1.02 bits per heavy atom. The zero-order valence-corrected chi connectivity index (χ0v) is 27.7. The van der Waals surface area contributed by atoms with Crippen molar-refractivity contribution in [3.05, 3.63) is 181 Å². The molecule has 2 heterocycles. The molecule has 7 aromatic carbocycles. The summed E-state index contributed by atoms with van der Waals surface area (Å²) < 4.78 is 6.29. The van der Waals surface area contributed by atoms with Crippen molar-refractivity contribution in [3.8, 4) is 51.0 Å². The van der Waals surface area contributed by atoms with Gasteiger partial charge in [-0.15, -0.1) is 0 Å². The third kappa shape index (κ3) is 5.03. The van der Waals surface area contributed by atoms with Gasteiger partial charge < -0.3 is 4.74 Å². The molecule has 10 rings (SSSR count). The summed E-state index contributed by atoms with van der Waals surface area (Å²) in [4.78, 5) is 15.4. The Morgan fingerprint density at radius 3 is 1.76 bits per heavy atom. The molecule has 1 aliphatic heterocycles. The van der Waals surface area contributed by atoms with Crippen molar-refractivity contribution >= 4 is 32.7 Å². The Kier molecular flexibility index (Phi) is 6.91. The van der Waals surface area contributed by atoms with E-state index in [1.807, 2.05) is 42.5 Å². The molecule has 1 unspecified atom stereocenters. The van der Waals surface area contributed by atoms with Crippen LogP contribution in [0.25, 0.3) is 78.0 Å². The van der Waals surface area contributed by atoms with Crippen molar-refractivity contribution in [2.75, 3.05) is 0 Å². The van der Waals surface area contributed by atoms with Crippen molar-refractivity contribution in [3.63, 3.8) is 0 Å². The van der Waals surface area contributed by atoms with E-state index in [0.29, 0.717) is 17.5 Å². The molecule has 0 saturated carbocycles. The third-order valence-electron chi connectivity index (χ3n) is 10.1. The van der Waals surface area contributed by atoms with Crippen LogP contribution in [-0.4, -0.2) is 21.1 Å². The molecule has 1 aliphatic carbocycles. The lowest BCUT2D eigenvalue weighted by molar-refractivity contribution is 0.279. The van der Waals surface area contributed by atoms with E-state index in [2.05, 4.69) is 127 Å². The van der Waals surface area contributed by atoms with Gasteiger partial charge in [0.15, 0.2) is 17.5 Å². The molecular weight excluding hydrogens is 623 g/mol. The highest BCUT2D eigenvalue weighted by atomic mass is 16.5. The maximum Gasteiger partial charge on any atom is 0.165 e. The van der Waals surface area contributed by atoms with Gasteiger partial charge in [0, 0.05) is 34.2 Å². The van der Waals surface area contributed by atoms with Gasteiger partial charge in [-0.1, -0.05) is 158 Å². The first-order valence-corrected chi connectivity index (χ1v) is 17.4. The number of hydrogen-bond donors (Lipinski definition) is 0. The summed E-state index contributed by atoms with van der Waals surface area (Å²) in [5.41, 5.74) is 9.98. The third-order valence-corrected chi connectivity index (χ3v) is 10.1. The summed E-state index contributed by atoms with van der Waals surface area (Å²) >= 11 is 0. The Morgan fingerprint density at radius 1 is 0.451 bits per heavy atom. The quantitative estimate of drug-likeness (QED) is 0.185. The molecule has 4 heteroatoms. The number of aromatic nitrogens is 3. The van der Waals surface area contributed by atoms with E-state index in [9.17, 15) is 0 Å². The standard InChI is InChI=1S/C47H31N3O/c1-3-14-31(15-4-1)45-48-46(32-16-5-2-6-17-32)50-47(49-45)44-35-18-8-7-13-30(35)23-25-40(44)38-27-26-34(36-19-9-10-20-37(36)38)33-24-28-43-41(29-33)39-21-11-12-22-42(39)51-43/h1-27,29,43H,28H2. The number of para-hydroxylation sites is 1. The molecule has 0 fully saturated rings. The molecule has 2 aliphatic rings. The Balaban J connectivity index is 1.19. The predicted molar refractivity (Wildman–Crippen MR) is 208 cm³/mol. The number of benzene rings is 7. The van der Waals surface area contributed by atoms with Gasteiger partial charge >= 0.3 is 0 Å². The van der Waals surface area contributed by atoms with Gasteiger partial charge in [-0.05, 0) is 56.0 Å². The molecule has 0 saturated heterocycles. The minimum absolute atomic E-state index is 0.0683. The summed E-state index contributed by atoms with van der Waals surface area (Å²) in [5, 5.41) is 4.61. The van der Waals surface area contributed by atoms with Gasteiger partial charge in [0.05, 0.1) is 0 Å². The maximum absolute atomic E-state index is 6.29. The summed E-state index contributed by atoms with van der Waals surface area (Å²) in [5.74, 6) is 2.91. The summed E-state index contributed by atoms with van der Waals surface area (Å²) in [6.07, 6.45) is 5.56. The van der Waals surface area contributed by atoms with Crippen molar-refractivity contribution in [2.24, 2.45) is 0 Å². The van der Waals surface area contributed by atoms with Gasteiger partial charge in [0.1, 0.15) is 11.9 Å². The van der Waals surface area contributed by atoms with Gasteiger partial charge in [-0.3, -0.25) is 0 Å². The fourth-order valence-electron chi connectivity index (χ4n) is 7.63. The molecule has 0 radical (unpaired) electrons. The highest BCUT2D eigenvalue weighted by Crippen LogP contribution is 2.46. The highest BCUT2D eigenvalue weighted by molar-refractivity contribution is 6.10. The summed E-state index contributed by atoms with van der Waals surface area (Å²) in [6.45, 7) is 0. The van der Waals surface area contributed by atoms with Crippen molar-refractivity contribution < 1.29 is 4.74 Å². The van der Waals surface area contributed by atoms with Crippen molar-refractivity contribution in [2.45, 2.75) is 12.5 Å². The van der Waals surface area contributed by atoms with E-state index in [1.54, 1.807) is 0 Å². The van der Waals surface area contributed by atoms with E-state index in [4.69, 9.17) is 19.7 Å². The van der Waals surface area contributed by atoms with E-state index in [0.717, 1.165) is 50.8 Å². The van der Waals surface area contributed by atoms with Crippen LogP contribution >= 0.6 is 0 Å². The lowest BCUT2D eigenvalue weighted by atomic mass is 9.85. The number of fused-ring (bicyclic) bond motifs is 5. The van der Waals surface area contributed by atoms with Crippen LogP contribution < -0.4 is 4.74 Å². The molecule has 4 nitrogen and oxygen atoms in total. The largest absolute Gasteiger partial charge is 0.485 e. The molecule has 1 atom stereocenters. The fourth-order valence-corrected chi connectivity index (χ4v) is 7.63. The maximum atomic E-state index is 6.29. The van der Waals surface area contributed by atoms with Crippen LogP contribution in [0.5, 0.6) is 5.75 Å². The monoisotopic (exact) mass is 653 g/mol. The zero-order chi connectivity index (χ0) is 33.7. The molecule has 51 heavy (non-hydrogen) atoms. The van der Waals surface area contributed by atoms with Crippen LogP contribution in [0.4, 0.5) is 0 Å². The molecule has 0 N–H and O–H groups in total. The second kappa shape index (κ2) is 12.0. The first-order valence-electron chi connectivity index (χ1n) is 17.4. The zero-order valence-electron chi connectivity index (χ0n) is 27.7. The first kappa shape index (κ1) is 29.3. The first-order chi connectivity index (χ1) is 25.3. The molecular formula is C47H31N3O. The molecule has 0 spiro atoms.